The number of hydrogen-bond acceptors (Lipinski definition) is 3. The maximum atomic E-state index is 11.1. The van der Waals surface area contributed by atoms with Gasteiger partial charge in [0.1, 0.15) is 0 Å². The number of carbonyl (C=O) groups is 1. The Morgan fingerprint density at radius 2 is 2.20 bits per heavy atom. The van der Waals surface area contributed by atoms with Gasteiger partial charge in [0.25, 0.3) is 0 Å². The van der Waals surface area contributed by atoms with Crippen LogP contribution in [0.25, 0.3) is 0 Å². The molecular formula is C11H14ClNO2. The average molecular weight is 228 g/mol. The number of nitrogen functional groups attached to an aromatic ring is 1. The molecule has 0 aliphatic heterocycles. The van der Waals surface area contributed by atoms with Gasteiger partial charge < -0.3 is 10.5 Å². The first-order chi connectivity index (χ1) is 7.02. The Kier molecular flexibility index (Phi) is 3.97. The molecule has 3 nitrogen and oxygen atoms in total. The van der Waals surface area contributed by atoms with Crippen molar-refractivity contribution in [2.75, 3.05) is 12.8 Å². The van der Waals surface area contributed by atoms with Crippen LogP contribution in [0.1, 0.15) is 24.8 Å². The average Bonchev–Trinajstić information content (AvgIpc) is 2.16. The standard InChI is InChI=1S/C11H14ClNO2/c1-7(3-11(14)15-2)8-4-9(12)6-10(13)5-8/h4-7H,3,13H2,1-2H3. The third-order valence-electron chi connectivity index (χ3n) is 2.21. The number of halogens is 1. The maximum Gasteiger partial charge on any atom is 0.306 e. The molecule has 0 heterocycles. The zero-order chi connectivity index (χ0) is 11.4. The van der Waals surface area contributed by atoms with Gasteiger partial charge in [-0.3, -0.25) is 4.79 Å². The highest BCUT2D eigenvalue weighted by Gasteiger charge is 2.12. The fourth-order valence-electron chi connectivity index (χ4n) is 1.37. The molecule has 2 N–H and O–H groups in total. The molecule has 0 aromatic heterocycles. The zero-order valence-corrected chi connectivity index (χ0v) is 9.54. The van der Waals surface area contributed by atoms with E-state index in [1.807, 2.05) is 19.1 Å². The number of benzene rings is 1. The molecule has 1 unspecified atom stereocenters. The van der Waals surface area contributed by atoms with Crippen molar-refractivity contribution in [1.29, 1.82) is 0 Å². The van der Waals surface area contributed by atoms with E-state index in [-0.39, 0.29) is 11.9 Å². The van der Waals surface area contributed by atoms with E-state index in [0.717, 1.165) is 5.56 Å². The second-order valence-electron chi connectivity index (χ2n) is 3.50. The summed E-state index contributed by atoms with van der Waals surface area (Å²) in [4.78, 5) is 11.1. The Morgan fingerprint density at radius 1 is 1.53 bits per heavy atom. The lowest BCUT2D eigenvalue weighted by Gasteiger charge is -2.11. The van der Waals surface area contributed by atoms with Crippen LogP contribution in [0.15, 0.2) is 18.2 Å². The van der Waals surface area contributed by atoms with Crippen molar-refractivity contribution in [3.05, 3.63) is 28.8 Å². The Labute approximate surface area is 94.2 Å². The molecule has 1 aromatic rings. The van der Waals surface area contributed by atoms with Crippen LogP contribution in [0.2, 0.25) is 5.02 Å². The second-order valence-corrected chi connectivity index (χ2v) is 3.94. The summed E-state index contributed by atoms with van der Waals surface area (Å²) >= 11 is 5.87. The molecule has 0 saturated carbocycles. The summed E-state index contributed by atoms with van der Waals surface area (Å²) in [5.74, 6) is -0.181. The lowest BCUT2D eigenvalue weighted by atomic mass is 9.97. The molecular weight excluding hydrogens is 214 g/mol. The van der Waals surface area contributed by atoms with Crippen molar-refractivity contribution in [3.8, 4) is 0 Å². The van der Waals surface area contributed by atoms with Crippen LogP contribution < -0.4 is 5.73 Å². The van der Waals surface area contributed by atoms with Gasteiger partial charge in [0, 0.05) is 10.7 Å². The topological polar surface area (TPSA) is 52.3 Å². The molecule has 0 aliphatic carbocycles. The van der Waals surface area contributed by atoms with Crippen molar-refractivity contribution in [2.24, 2.45) is 0 Å². The van der Waals surface area contributed by atoms with Crippen LogP contribution in [-0.2, 0) is 9.53 Å². The molecule has 15 heavy (non-hydrogen) atoms. The molecule has 0 bridgehead atoms. The van der Waals surface area contributed by atoms with Gasteiger partial charge in [-0.1, -0.05) is 18.5 Å². The lowest BCUT2D eigenvalue weighted by Crippen LogP contribution is -2.06. The first-order valence-electron chi connectivity index (χ1n) is 4.65. The number of methoxy groups -OCH3 is 1. The number of rotatable bonds is 3. The van der Waals surface area contributed by atoms with Gasteiger partial charge in [0.15, 0.2) is 0 Å². The summed E-state index contributed by atoms with van der Waals surface area (Å²) in [5.41, 5.74) is 7.22. The SMILES string of the molecule is COC(=O)CC(C)c1cc(N)cc(Cl)c1. The molecule has 0 amide bonds. The van der Waals surface area contributed by atoms with Crippen molar-refractivity contribution in [1.82, 2.24) is 0 Å². The summed E-state index contributed by atoms with van der Waals surface area (Å²) in [6, 6.07) is 5.31. The summed E-state index contributed by atoms with van der Waals surface area (Å²) in [6.45, 7) is 1.93. The van der Waals surface area contributed by atoms with Gasteiger partial charge in [0.05, 0.1) is 13.5 Å². The van der Waals surface area contributed by atoms with Crippen LogP contribution >= 0.6 is 11.6 Å². The Balaban J connectivity index is 2.81. The van der Waals surface area contributed by atoms with E-state index >= 15 is 0 Å². The molecule has 0 spiro atoms. The lowest BCUT2D eigenvalue weighted by molar-refractivity contribution is -0.140. The fourth-order valence-corrected chi connectivity index (χ4v) is 1.62. The molecule has 0 saturated heterocycles. The largest absolute Gasteiger partial charge is 0.469 e. The van der Waals surface area contributed by atoms with Gasteiger partial charge in [0.2, 0.25) is 0 Å². The molecule has 1 atom stereocenters. The van der Waals surface area contributed by atoms with Crippen LogP contribution in [0.5, 0.6) is 0 Å². The van der Waals surface area contributed by atoms with Crippen molar-refractivity contribution in [3.63, 3.8) is 0 Å². The van der Waals surface area contributed by atoms with Crippen LogP contribution in [-0.4, -0.2) is 13.1 Å². The fraction of sp³-hybridized carbons (Fsp3) is 0.364. The van der Waals surface area contributed by atoms with E-state index < -0.39 is 0 Å². The van der Waals surface area contributed by atoms with Crippen LogP contribution in [0.4, 0.5) is 5.69 Å². The smallest absolute Gasteiger partial charge is 0.306 e. The highest BCUT2D eigenvalue weighted by Crippen LogP contribution is 2.25. The highest BCUT2D eigenvalue weighted by atomic mass is 35.5. The van der Waals surface area contributed by atoms with E-state index in [2.05, 4.69) is 4.74 Å². The van der Waals surface area contributed by atoms with Gasteiger partial charge in [-0.25, -0.2) is 0 Å². The third-order valence-corrected chi connectivity index (χ3v) is 2.43. The first kappa shape index (κ1) is 11.9. The normalized spacial score (nSPS) is 12.2. The summed E-state index contributed by atoms with van der Waals surface area (Å²) in [5, 5.41) is 0.585. The summed E-state index contributed by atoms with van der Waals surface area (Å²) in [6.07, 6.45) is 0.330. The highest BCUT2D eigenvalue weighted by molar-refractivity contribution is 6.30. The zero-order valence-electron chi connectivity index (χ0n) is 8.79. The minimum atomic E-state index is -0.235. The molecule has 82 valence electrons. The predicted molar refractivity (Wildman–Crippen MR) is 60.9 cm³/mol. The summed E-state index contributed by atoms with van der Waals surface area (Å²) < 4.78 is 4.60. The number of ether oxygens (including phenoxy) is 1. The van der Waals surface area contributed by atoms with E-state index in [9.17, 15) is 4.79 Å². The predicted octanol–water partition coefficient (Wildman–Crippen LogP) is 2.59. The molecule has 1 rings (SSSR count). The third kappa shape index (κ3) is 3.44. The van der Waals surface area contributed by atoms with Crippen molar-refractivity contribution in [2.45, 2.75) is 19.3 Å². The minimum Gasteiger partial charge on any atom is -0.469 e. The number of anilines is 1. The van der Waals surface area contributed by atoms with E-state index in [0.29, 0.717) is 17.1 Å². The Bertz CT molecular complexity index is 345. The van der Waals surface area contributed by atoms with Gasteiger partial charge >= 0.3 is 5.97 Å². The Morgan fingerprint density at radius 3 is 2.73 bits per heavy atom. The second kappa shape index (κ2) is 5.03. The van der Waals surface area contributed by atoms with Crippen molar-refractivity contribution < 1.29 is 9.53 Å². The molecule has 1 aromatic carbocycles. The van der Waals surface area contributed by atoms with Gasteiger partial charge in [-0.2, -0.15) is 0 Å². The maximum absolute atomic E-state index is 11.1. The molecule has 4 heteroatoms. The molecule has 0 radical (unpaired) electrons. The van der Waals surface area contributed by atoms with Gasteiger partial charge in [-0.15, -0.1) is 0 Å². The number of carbonyl (C=O) groups excluding carboxylic acids is 1. The number of hydrogen-bond donors (Lipinski definition) is 1. The van der Waals surface area contributed by atoms with Gasteiger partial charge in [-0.05, 0) is 29.7 Å². The van der Waals surface area contributed by atoms with Crippen molar-refractivity contribution >= 4 is 23.3 Å². The first-order valence-corrected chi connectivity index (χ1v) is 5.03. The number of esters is 1. The number of nitrogens with two attached hydrogens (primary N) is 1. The molecule has 0 aliphatic rings. The molecule has 0 fully saturated rings. The van der Waals surface area contributed by atoms with Crippen LogP contribution in [0.3, 0.4) is 0 Å². The monoisotopic (exact) mass is 227 g/mol. The quantitative estimate of drug-likeness (QED) is 0.638. The summed E-state index contributed by atoms with van der Waals surface area (Å²) in [7, 11) is 1.38. The van der Waals surface area contributed by atoms with E-state index in [1.165, 1.54) is 7.11 Å². The van der Waals surface area contributed by atoms with E-state index in [4.69, 9.17) is 17.3 Å². The minimum absolute atomic E-state index is 0.0541. The Hall–Kier alpha value is -1.22. The van der Waals surface area contributed by atoms with Crippen LogP contribution in [0, 0.1) is 0 Å². The van der Waals surface area contributed by atoms with E-state index in [1.54, 1.807) is 6.07 Å².